The Morgan fingerprint density at radius 1 is 1.33 bits per heavy atom. The molecule has 7 heteroatoms. The van der Waals surface area contributed by atoms with Gasteiger partial charge in [-0.15, -0.1) is 11.3 Å². The molecule has 0 saturated carbocycles. The van der Waals surface area contributed by atoms with Gasteiger partial charge >= 0.3 is 6.61 Å². The number of anilines is 1. The van der Waals surface area contributed by atoms with Gasteiger partial charge in [0, 0.05) is 11.4 Å². The number of aryl methyl sites for hydroxylation is 1. The number of para-hydroxylation sites is 2. The second-order valence-corrected chi connectivity index (χ2v) is 6.48. The minimum absolute atomic E-state index is 0.0511. The molecule has 130 valence electrons. The van der Waals surface area contributed by atoms with E-state index in [1.165, 1.54) is 22.6 Å². The van der Waals surface area contributed by atoms with Gasteiger partial charge in [0.2, 0.25) is 5.91 Å². The molecule has 1 aromatic carbocycles. The zero-order valence-electron chi connectivity index (χ0n) is 13.8. The summed E-state index contributed by atoms with van der Waals surface area (Å²) >= 11 is 1.64. The Labute approximate surface area is 144 Å². The predicted octanol–water partition coefficient (Wildman–Crippen LogP) is 4.12. The minimum atomic E-state index is -2.94. The lowest BCUT2D eigenvalue weighted by atomic mass is 10.2. The minimum Gasteiger partial charge on any atom is -0.433 e. The number of carbonyl (C=O) groups excluding carboxylic acids is 1. The highest BCUT2D eigenvalue weighted by atomic mass is 32.1. The molecule has 1 amide bonds. The van der Waals surface area contributed by atoms with Crippen molar-refractivity contribution < 1.29 is 18.3 Å². The van der Waals surface area contributed by atoms with E-state index in [9.17, 15) is 13.6 Å². The fraction of sp³-hybridized carbons (Fsp3) is 0.353. The number of amides is 1. The van der Waals surface area contributed by atoms with Gasteiger partial charge in [-0.05, 0) is 50.0 Å². The second kappa shape index (κ2) is 8.21. The number of benzene rings is 1. The summed E-state index contributed by atoms with van der Waals surface area (Å²) in [6, 6.07) is 7.76. The van der Waals surface area contributed by atoms with E-state index in [-0.39, 0.29) is 17.3 Å². The van der Waals surface area contributed by atoms with Gasteiger partial charge in [0.1, 0.15) is 5.75 Å². The fourth-order valence-corrected chi connectivity index (χ4v) is 3.10. The normalized spacial score (nSPS) is 12.5. The van der Waals surface area contributed by atoms with Crippen molar-refractivity contribution in [1.29, 1.82) is 0 Å². The summed E-state index contributed by atoms with van der Waals surface area (Å²) in [4.78, 5) is 15.5. The molecule has 1 atom stereocenters. The zero-order chi connectivity index (χ0) is 17.7. The van der Waals surface area contributed by atoms with E-state index in [0.717, 1.165) is 0 Å². The monoisotopic (exact) mass is 354 g/mol. The first-order valence-electron chi connectivity index (χ1n) is 7.46. The average Bonchev–Trinajstić information content (AvgIpc) is 2.93. The molecular weight excluding hydrogens is 334 g/mol. The lowest BCUT2D eigenvalue weighted by molar-refractivity contribution is -0.120. The molecule has 0 bridgehead atoms. The molecule has 1 aromatic heterocycles. The SMILES string of the molecule is Cc1ccsc1CN(C)C(C)C(=O)Nc1ccccc1OC(F)F. The first-order chi connectivity index (χ1) is 11.4. The number of nitrogens with one attached hydrogen (secondary N) is 1. The molecule has 2 rings (SSSR count). The maximum atomic E-state index is 12.4. The second-order valence-electron chi connectivity index (χ2n) is 5.48. The zero-order valence-corrected chi connectivity index (χ0v) is 14.6. The summed E-state index contributed by atoms with van der Waals surface area (Å²) in [5.41, 5.74) is 1.42. The molecule has 1 N–H and O–H groups in total. The first-order valence-corrected chi connectivity index (χ1v) is 8.34. The van der Waals surface area contributed by atoms with E-state index >= 15 is 0 Å². The van der Waals surface area contributed by atoms with Crippen LogP contribution in [-0.2, 0) is 11.3 Å². The maximum absolute atomic E-state index is 12.4. The van der Waals surface area contributed by atoms with E-state index in [1.54, 1.807) is 30.4 Å². The van der Waals surface area contributed by atoms with Crippen molar-refractivity contribution in [1.82, 2.24) is 4.90 Å². The largest absolute Gasteiger partial charge is 0.433 e. The molecule has 0 radical (unpaired) electrons. The van der Waals surface area contributed by atoms with Crippen LogP contribution in [-0.4, -0.2) is 30.5 Å². The maximum Gasteiger partial charge on any atom is 0.387 e. The Morgan fingerprint density at radius 2 is 2.04 bits per heavy atom. The highest BCUT2D eigenvalue weighted by molar-refractivity contribution is 7.10. The molecule has 0 aliphatic carbocycles. The van der Waals surface area contributed by atoms with Crippen LogP contribution in [0, 0.1) is 6.92 Å². The number of ether oxygens (including phenoxy) is 1. The van der Waals surface area contributed by atoms with E-state index < -0.39 is 12.7 Å². The molecule has 0 fully saturated rings. The van der Waals surface area contributed by atoms with E-state index in [1.807, 2.05) is 30.3 Å². The van der Waals surface area contributed by atoms with Crippen molar-refractivity contribution in [2.24, 2.45) is 0 Å². The summed E-state index contributed by atoms with van der Waals surface area (Å²) in [5.74, 6) is -0.332. The fourth-order valence-electron chi connectivity index (χ4n) is 2.14. The third kappa shape index (κ3) is 4.75. The van der Waals surface area contributed by atoms with Crippen LogP contribution in [0.5, 0.6) is 5.75 Å². The quantitative estimate of drug-likeness (QED) is 0.813. The van der Waals surface area contributed by atoms with Crippen LogP contribution in [0.2, 0.25) is 0 Å². The molecule has 1 unspecified atom stereocenters. The topological polar surface area (TPSA) is 41.6 Å². The number of hydrogen-bond donors (Lipinski definition) is 1. The number of alkyl halides is 2. The first kappa shape index (κ1) is 18.4. The van der Waals surface area contributed by atoms with E-state index in [4.69, 9.17) is 0 Å². The Balaban J connectivity index is 2.02. The van der Waals surface area contributed by atoms with Crippen molar-refractivity contribution in [2.75, 3.05) is 12.4 Å². The van der Waals surface area contributed by atoms with Gasteiger partial charge in [0.05, 0.1) is 11.7 Å². The van der Waals surface area contributed by atoms with E-state index in [0.29, 0.717) is 6.54 Å². The van der Waals surface area contributed by atoms with Crippen molar-refractivity contribution in [3.63, 3.8) is 0 Å². The van der Waals surface area contributed by atoms with Crippen LogP contribution in [0.25, 0.3) is 0 Å². The summed E-state index contributed by atoms with van der Waals surface area (Å²) in [6.07, 6.45) is 0. The van der Waals surface area contributed by atoms with Crippen LogP contribution in [0.15, 0.2) is 35.7 Å². The number of likely N-dealkylation sites (N-methyl/N-ethyl adjacent to an activating group) is 1. The Morgan fingerprint density at radius 3 is 2.67 bits per heavy atom. The third-order valence-corrected chi connectivity index (χ3v) is 4.77. The molecule has 2 aromatic rings. The molecule has 0 spiro atoms. The predicted molar refractivity (Wildman–Crippen MR) is 91.7 cm³/mol. The highest BCUT2D eigenvalue weighted by Gasteiger charge is 2.20. The van der Waals surface area contributed by atoms with Gasteiger partial charge in [-0.25, -0.2) is 0 Å². The van der Waals surface area contributed by atoms with Gasteiger partial charge in [-0.3, -0.25) is 9.69 Å². The number of rotatable bonds is 7. The highest BCUT2D eigenvalue weighted by Crippen LogP contribution is 2.26. The molecule has 0 aliphatic rings. The van der Waals surface area contributed by atoms with Gasteiger partial charge in [-0.2, -0.15) is 8.78 Å². The average molecular weight is 354 g/mol. The molecular formula is C17H20F2N2O2S. The Kier molecular flexibility index (Phi) is 6.28. The Hall–Kier alpha value is -1.99. The summed E-state index contributed by atoms with van der Waals surface area (Å²) in [6.45, 7) is 1.51. The smallest absolute Gasteiger partial charge is 0.387 e. The molecule has 1 heterocycles. The van der Waals surface area contributed by atoms with Gasteiger partial charge in [-0.1, -0.05) is 12.1 Å². The molecule has 24 heavy (non-hydrogen) atoms. The van der Waals surface area contributed by atoms with Crippen LogP contribution < -0.4 is 10.1 Å². The van der Waals surface area contributed by atoms with E-state index in [2.05, 4.69) is 10.1 Å². The van der Waals surface area contributed by atoms with Crippen LogP contribution >= 0.6 is 11.3 Å². The van der Waals surface area contributed by atoms with Crippen molar-refractivity contribution >= 4 is 22.9 Å². The number of halogens is 2. The van der Waals surface area contributed by atoms with Gasteiger partial charge in [0.15, 0.2) is 0 Å². The molecule has 0 saturated heterocycles. The number of hydrogen-bond acceptors (Lipinski definition) is 4. The standard InChI is InChI=1S/C17H20F2N2O2S/c1-11-8-9-24-15(11)10-21(3)12(2)16(22)20-13-6-4-5-7-14(13)23-17(18)19/h4-9,12,17H,10H2,1-3H3,(H,20,22). The van der Waals surface area contributed by atoms with Crippen molar-refractivity contribution in [2.45, 2.75) is 33.0 Å². The lowest BCUT2D eigenvalue weighted by Gasteiger charge is -2.24. The number of carbonyl (C=O) groups is 1. The summed E-state index contributed by atoms with van der Waals surface area (Å²) < 4.78 is 29.3. The summed E-state index contributed by atoms with van der Waals surface area (Å²) in [5, 5.41) is 4.67. The molecule has 4 nitrogen and oxygen atoms in total. The van der Waals surface area contributed by atoms with Crippen LogP contribution in [0.4, 0.5) is 14.5 Å². The van der Waals surface area contributed by atoms with Crippen molar-refractivity contribution in [3.05, 3.63) is 46.2 Å². The van der Waals surface area contributed by atoms with Crippen LogP contribution in [0.1, 0.15) is 17.4 Å². The lowest BCUT2D eigenvalue weighted by Crippen LogP contribution is -2.39. The van der Waals surface area contributed by atoms with Crippen molar-refractivity contribution in [3.8, 4) is 5.75 Å². The van der Waals surface area contributed by atoms with Gasteiger partial charge in [0.25, 0.3) is 0 Å². The third-order valence-electron chi connectivity index (χ3n) is 3.76. The number of nitrogens with zero attached hydrogens (tertiary/aromatic N) is 1. The summed E-state index contributed by atoms with van der Waals surface area (Å²) in [7, 11) is 1.85. The molecule has 0 aliphatic heterocycles. The number of thiophene rings is 1. The van der Waals surface area contributed by atoms with Crippen LogP contribution in [0.3, 0.4) is 0 Å². The Bertz CT molecular complexity index is 691. The van der Waals surface area contributed by atoms with Gasteiger partial charge < -0.3 is 10.1 Å².